The van der Waals surface area contributed by atoms with Crippen LogP contribution in [0.2, 0.25) is 0 Å². The third kappa shape index (κ3) is 5.11. The topological polar surface area (TPSA) is 72.9 Å². The van der Waals surface area contributed by atoms with E-state index in [9.17, 15) is 14.4 Å². The van der Waals surface area contributed by atoms with Crippen molar-refractivity contribution in [3.63, 3.8) is 0 Å². The minimum absolute atomic E-state index is 0.0848. The maximum atomic E-state index is 11.1. The first-order valence-corrected chi connectivity index (χ1v) is 4.64. The summed E-state index contributed by atoms with van der Waals surface area (Å²) in [6, 6.07) is 0. The van der Waals surface area contributed by atoms with Gasteiger partial charge in [0.2, 0.25) is 0 Å². The molecule has 0 bridgehead atoms. The highest BCUT2D eigenvalue weighted by Gasteiger charge is 2.21. The van der Waals surface area contributed by atoms with E-state index in [0.29, 0.717) is 11.7 Å². The molecule has 0 heterocycles. The van der Waals surface area contributed by atoms with E-state index in [-0.39, 0.29) is 13.0 Å². The summed E-state index contributed by atoms with van der Waals surface area (Å²) in [5.41, 5.74) is 0. The number of hydroxylamine groups is 2. The largest absolute Gasteiger partial charge is 0.370 e. The molecule has 2 amide bonds. The zero-order chi connectivity index (χ0) is 11.8. The van der Waals surface area contributed by atoms with Gasteiger partial charge in [-0.1, -0.05) is 6.92 Å². The van der Waals surface area contributed by atoms with Gasteiger partial charge >= 0.3 is 5.97 Å². The number of nitrogens with zero attached hydrogens (tertiary/aromatic N) is 1. The van der Waals surface area contributed by atoms with Crippen molar-refractivity contribution >= 4 is 17.8 Å². The van der Waals surface area contributed by atoms with Crippen molar-refractivity contribution in [1.29, 1.82) is 0 Å². The molecule has 0 aliphatic heterocycles. The van der Waals surface area contributed by atoms with Gasteiger partial charge < -0.3 is 9.57 Å². The van der Waals surface area contributed by atoms with Gasteiger partial charge in [0.25, 0.3) is 11.8 Å². The summed E-state index contributed by atoms with van der Waals surface area (Å²) in [5, 5.41) is 0.446. The summed E-state index contributed by atoms with van der Waals surface area (Å²) in [7, 11) is 0. The van der Waals surface area contributed by atoms with Gasteiger partial charge in [0, 0.05) is 20.0 Å². The molecular formula is C9H15NO5. The molecule has 6 heteroatoms. The zero-order valence-corrected chi connectivity index (χ0v) is 9.11. The number of ether oxygens (including phenoxy) is 1. The molecule has 0 unspecified atom stereocenters. The van der Waals surface area contributed by atoms with Crippen LogP contribution in [0.1, 0.15) is 27.2 Å². The summed E-state index contributed by atoms with van der Waals surface area (Å²) in [6.45, 7) is 4.50. The van der Waals surface area contributed by atoms with Crippen LogP contribution in [0.15, 0.2) is 0 Å². The van der Waals surface area contributed by atoms with E-state index in [1.807, 2.05) is 0 Å². The molecular weight excluding hydrogens is 202 g/mol. The van der Waals surface area contributed by atoms with E-state index < -0.39 is 17.8 Å². The molecule has 0 aliphatic carbocycles. The number of carbonyl (C=O) groups excluding carboxylic acids is 3. The highest BCUT2D eigenvalue weighted by Crippen LogP contribution is 1.97. The van der Waals surface area contributed by atoms with Gasteiger partial charge in [0.1, 0.15) is 6.61 Å². The first kappa shape index (κ1) is 13.6. The van der Waals surface area contributed by atoms with Gasteiger partial charge in [-0.05, 0) is 6.92 Å². The molecule has 0 spiro atoms. The van der Waals surface area contributed by atoms with Gasteiger partial charge in [-0.25, -0.2) is 4.79 Å². The molecule has 0 aromatic heterocycles. The molecule has 86 valence electrons. The monoisotopic (exact) mass is 217 g/mol. The van der Waals surface area contributed by atoms with Crippen LogP contribution in [-0.2, 0) is 24.0 Å². The Morgan fingerprint density at radius 2 is 1.80 bits per heavy atom. The minimum Gasteiger partial charge on any atom is -0.370 e. The number of rotatable bonds is 4. The molecule has 15 heavy (non-hydrogen) atoms. The molecule has 0 aromatic rings. The van der Waals surface area contributed by atoms with Crippen molar-refractivity contribution in [1.82, 2.24) is 5.06 Å². The van der Waals surface area contributed by atoms with Crippen molar-refractivity contribution < 1.29 is 24.0 Å². The van der Waals surface area contributed by atoms with E-state index >= 15 is 0 Å². The second kappa shape index (κ2) is 6.94. The van der Waals surface area contributed by atoms with Crippen molar-refractivity contribution in [3.05, 3.63) is 0 Å². The number of imide groups is 1. The lowest BCUT2D eigenvalue weighted by Gasteiger charge is -2.16. The lowest BCUT2D eigenvalue weighted by Crippen LogP contribution is -2.37. The smallest absolute Gasteiger partial charge is 0.358 e. The number of carbonyl (C=O) groups is 3. The quantitative estimate of drug-likeness (QED) is 0.632. The Labute approximate surface area is 88.1 Å². The Morgan fingerprint density at radius 3 is 2.20 bits per heavy atom. The van der Waals surface area contributed by atoms with Crippen molar-refractivity contribution in [2.75, 3.05) is 13.2 Å². The van der Waals surface area contributed by atoms with E-state index in [2.05, 4.69) is 4.84 Å². The second-order valence-corrected chi connectivity index (χ2v) is 2.66. The maximum absolute atomic E-state index is 11.1. The fourth-order valence-electron chi connectivity index (χ4n) is 0.748. The molecule has 0 radical (unpaired) electrons. The molecule has 6 nitrogen and oxygen atoms in total. The minimum atomic E-state index is -0.770. The van der Waals surface area contributed by atoms with Crippen LogP contribution in [-0.4, -0.2) is 36.1 Å². The highest BCUT2D eigenvalue weighted by molar-refractivity contribution is 5.94. The van der Waals surface area contributed by atoms with Crippen LogP contribution in [0.3, 0.4) is 0 Å². The fourth-order valence-corrected chi connectivity index (χ4v) is 0.748. The summed E-state index contributed by atoms with van der Waals surface area (Å²) < 4.78 is 4.77. The number of hydrogen-bond donors (Lipinski definition) is 0. The highest BCUT2D eigenvalue weighted by atomic mass is 16.7. The van der Waals surface area contributed by atoms with Crippen molar-refractivity contribution in [2.24, 2.45) is 0 Å². The van der Waals surface area contributed by atoms with Crippen LogP contribution in [0.4, 0.5) is 0 Å². The summed E-state index contributed by atoms with van der Waals surface area (Å²) >= 11 is 0. The Morgan fingerprint density at radius 1 is 1.20 bits per heavy atom. The van der Waals surface area contributed by atoms with Crippen molar-refractivity contribution in [3.8, 4) is 0 Å². The maximum Gasteiger partial charge on any atom is 0.358 e. The van der Waals surface area contributed by atoms with Crippen LogP contribution in [0.25, 0.3) is 0 Å². The van der Waals surface area contributed by atoms with Gasteiger partial charge in [-0.15, -0.1) is 5.06 Å². The molecule has 0 N–H and O–H groups in total. The van der Waals surface area contributed by atoms with E-state index in [1.165, 1.54) is 0 Å². The van der Waals surface area contributed by atoms with Gasteiger partial charge in [0.15, 0.2) is 0 Å². The third-order valence-electron chi connectivity index (χ3n) is 1.43. The van der Waals surface area contributed by atoms with E-state index in [4.69, 9.17) is 4.74 Å². The predicted molar refractivity (Wildman–Crippen MR) is 50.4 cm³/mol. The lowest BCUT2D eigenvalue weighted by molar-refractivity contribution is -0.204. The Kier molecular flexibility index (Phi) is 6.28. The Balaban J connectivity index is 4.23. The Bertz CT molecular complexity index is 251. The molecule has 0 aromatic carbocycles. The first-order chi connectivity index (χ1) is 7.02. The zero-order valence-electron chi connectivity index (χ0n) is 9.11. The molecule has 0 saturated carbocycles. The summed E-state index contributed by atoms with van der Waals surface area (Å²) in [6.07, 6.45) is 0.0848. The molecule has 0 aliphatic rings. The number of hydrogen-bond acceptors (Lipinski definition) is 5. The first-order valence-electron chi connectivity index (χ1n) is 4.64. The summed E-state index contributed by atoms with van der Waals surface area (Å²) in [5.74, 6) is -1.96. The summed E-state index contributed by atoms with van der Waals surface area (Å²) in [4.78, 5) is 37.7. The van der Waals surface area contributed by atoms with Gasteiger partial charge in [-0.2, -0.15) is 0 Å². The van der Waals surface area contributed by atoms with Crippen LogP contribution < -0.4 is 0 Å². The molecule has 0 saturated heterocycles. The standard InChI is InChI=1S/C9H15NO5/c1-4-8(12)10(7(3)11)15-9(13)6-14-5-2/h4-6H2,1-3H3. The van der Waals surface area contributed by atoms with E-state index in [0.717, 1.165) is 6.92 Å². The SMILES string of the molecule is CCOCC(=O)ON(C(C)=O)C(=O)CC. The fraction of sp³-hybridized carbons (Fsp3) is 0.667. The van der Waals surface area contributed by atoms with E-state index in [1.54, 1.807) is 13.8 Å². The molecule has 0 rings (SSSR count). The van der Waals surface area contributed by atoms with Crippen LogP contribution in [0, 0.1) is 0 Å². The average molecular weight is 217 g/mol. The van der Waals surface area contributed by atoms with Crippen LogP contribution in [0.5, 0.6) is 0 Å². The third-order valence-corrected chi connectivity index (χ3v) is 1.43. The van der Waals surface area contributed by atoms with Crippen molar-refractivity contribution in [2.45, 2.75) is 27.2 Å². The molecule has 0 atom stereocenters. The molecule has 0 fully saturated rings. The predicted octanol–water partition coefficient (Wildman–Crippen LogP) is 0.266. The average Bonchev–Trinajstić information content (AvgIpc) is 2.21. The van der Waals surface area contributed by atoms with Crippen LogP contribution >= 0.6 is 0 Å². The number of amides is 2. The van der Waals surface area contributed by atoms with Gasteiger partial charge in [-0.3, -0.25) is 9.59 Å². The second-order valence-electron chi connectivity index (χ2n) is 2.66. The normalized spacial score (nSPS) is 9.53. The lowest BCUT2D eigenvalue weighted by atomic mass is 10.4. The Hall–Kier alpha value is -1.43. The van der Waals surface area contributed by atoms with Gasteiger partial charge in [0.05, 0.1) is 0 Å².